The van der Waals surface area contributed by atoms with Crippen LogP contribution in [0.2, 0.25) is 18.1 Å². The van der Waals surface area contributed by atoms with Crippen LogP contribution in [0.15, 0.2) is 29.2 Å². The Labute approximate surface area is 132 Å². The molecule has 2 heterocycles. The van der Waals surface area contributed by atoms with E-state index >= 15 is 0 Å². The lowest BCUT2D eigenvalue weighted by Crippen LogP contribution is -2.42. The van der Waals surface area contributed by atoms with Gasteiger partial charge in [-0.15, -0.1) is 0 Å². The minimum Gasteiger partial charge on any atom is -0.414 e. The molecule has 0 aromatic carbocycles. The fraction of sp³-hybridized carbons (Fsp3) is 0.600. The monoisotopic (exact) mass is 323 g/mol. The number of aromatic nitrogens is 2. The van der Waals surface area contributed by atoms with E-state index in [1.807, 2.05) is 12.2 Å². The summed E-state index contributed by atoms with van der Waals surface area (Å²) >= 11 is 0. The first-order valence-electron chi connectivity index (χ1n) is 7.42. The highest BCUT2D eigenvalue weighted by molar-refractivity contribution is 6.74. The van der Waals surface area contributed by atoms with E-state index in [1.165, 1.54) is 4.57 Å². The summed E-state index contributed by atoms with van der Waals surface area (Å²) in [6.07, 6.45) is 4.77. The Bertz CT molecular complexity index is 619. The van der Waals surface area contributed by atoms with E-state index in [1.54, 1.807) is 12.3 Å². The molecule has 2 rings (SSSR count). The predicted octanol–water partition coefficient (Wildman–Crippen LogP) is 2.30. The van der Waals surface area contributed by atoms with E-state index in [4.69, 9.17) is 14.9 Å². The lowest BCUT2D eigenvalue weighted by atomic mass is 10.2. The van der Waals surface area contributed by atoms with Gasteiger partial charge in [0.05, 0.1) is 6.61 Å². The van der Waals surface area contributed by atoms with Crippen LogP contribution in [-0.4, -0.2) is 30.6 Å². The van der Waals surface area contributed by atoms with Gasteiger partial charge in [-0.25, -0.2) is 4.79 Å². The molecule has 0 saturated carbocycles. The van der Waals surface area contributed by atoms with Gasteiger partial charge in [-0.3, -0.25) is 4.57 Å². The van der Waals surface area contributed by atoms with E-state index < -0.39 is 20.2 Å². The normalized spacial score (nSPS) is 22.2. The second-order valence-corrected chi connectivity index (χ2v) is 11.9. The molecule has 122 valence electrons. The molecule has 0 radical (unpaired) electrons. The smallest absolute Gasteiger partial charge is 0.351 e. The van der Waals surface area contributed by atoms with E-state index in [0.29, 0.717) is 6.61 Å². The highest BCUT2D eigenvalue weighted by atomic mass is 28.4. The molecule has 0 spiro atoms. The first-order valence-corrected chi connectivity index (χ1v) is 10.3. The summed E-state index contributed by atoms with van der Waals surface area (Å²) in [7, 11) is -1.80. The topological polar surface area (TPSA) is 79.4 Å². The molecule has 2 N–H and O–H groups in total. The average molecular weight is 323 g/mol. The van der Waals surface area contributed by atoms with Gasteiger partial charge in [0.25, 0.3) is 0 Å². The standard InChI is InChI=1S/C15H25N3O3Si/c1-15(2,3)22(4,5)20-10-11-6-7-13(21-11)18-9-8-12(16)17-14(18)19/h6-9,11,13H,10H2,1-5H3,(H2,16,17,19)/t11-,13+/m0/s1. The lowest BCUT2D eigenvalue weighted by molar-refractivity contribution is -0.00769. The number of rotatable bonds is 4. The zero-order valence-electron chi connectivity index (χ0n) is 13.9. The van der Waals surface area contributed by atoms with Crippen molar-refractivity contribution in [3.8, 4) is 0 Å². The quantitative estimate of drug-likeness (QED) is 0.679. The zero-order chi connectivity index (χ0) is 16.5. The van der Waals surface area contributed by atoms with E-state index in [0.717, 1.165) is 0 Å². The maximum atomic E-state index is 11.8. The summed E-state index contributed by atoms with van der Waals surface area (Å²) in [6, 6.07) is 1.58. The molecule has 0 fully saturated rings. The Hall–Kier alpha value is -1.44. The Morgan fingerprint density at radius 1 is 1.41 bits per heavy atom. The third-order valence-corrected chi connectivity index (χ3v) is 8.85. The van der Waals surface area contributed by atoms with Crippen molar-refractivity contribution in [1.29, 1.82) is 0 Å². The molecule has 7 heteroatoms. The van der Waals surface area contributed by atoms with Gasteiger partial charge in [0.15, 0.2) is 14.5 Å². The molecule has 0 saturated heterocycles. The fourth-order valence-electron chi connectivity index (χ4n) is 1.87. The van der Waals surface area contributed by atoms with Crippen LogP contribution in [-0.2, 0) is 9.16 Å². The van der Waals surface area contributed by atoms with Crippen LogP contribution in [0.1, 0.15) is 27.0 Å². The molecular formula is C15H25N3O3Si. The van der Waals surface area contributed by atoms with E-state index in [2.05, 4.69) is 38.8 Å². The van der Waals surface area contributed by atoms with Crippen LogP contribution in [0.3, 0.4) is 0 Å². The molecule has 6 nitrogen and oxygen atoms in total. The van der Waals surface area contributed by atoms with Crippen molar-refractivity contribution in [2.75, 3.05) is 12.3 Å². The number of anilines is 1. The van der Waals surface area contributed by atoms with Crippen LogP contribution >= 0.6 is 0 Å². The molecule has 1 aliphatic heterocycles. The number of hydrogen-bond donors (Lipinski definition) is 1. The van der Waals surface area contributed by atoms with Crippen LogP contribution in [0.5, 0.6) is 0 Å². The van der Waals surface area contributed by atoms with Gasteiger partial charge < -0.3 is 14.9 Å². The molecule has 0 bridgehead atoms. The van der Waals surface area contributed by atoms with Crippen molar-refractivity contribution in [3.63, 3.8) is 0 Å². The second-order valence-electron chi connectivity index (χ2n) is 7.06. The number of nitrogen functional groups attached to an aromatic ring is 1. The molecular weight excluding hydrogens is 298 g/mol. The van der Waals surface area contributed by atoms with Crippen LogP contribution < -0.4 is 11.4 Å². The van der Waals surface area contributed by atoms with Gasteiger partial charge in [-0.05, 0) is 30.3 Å². The molecule has 1 aromatic heterocycles. The summed E-state index contributed by atoms with van der Waals surface area (Å²) in [5, 5.41) is 0.159. The highest BCUT2D eigenvalue weighted by Crippen LogP contribution is 2.37. The van der Waals surface area contributed by atoms with Crippen molar-refractivity contribution >= 4 is 14.1 Å². The van der Waals surface area contributed by atoms with Gasteiger partial charge in [0.1, 0.15) is 11.9 Å². The molecule has 22 heavy (non-hydrogen) atoms. The van der Waals surface area contributed by atoms with Gasteiger partial charge in [-0.2, -0.15) is 4.98 Å². The van der Waals surface area contributed by atoms with Gasteiger partial charge >= 0.3 is 5.69 Å². The first kappa shape index (κ1) is 16.9. The second kappa shape index (κ2) is 5.98. The van der Waals surface area contributed by atoms with Crippen LogP contribution in [0, 0.1) is 0 Å². The third kappa shape index (κ3) is 3.66. The van der Waals surface area contributed by atoms with Gasteiger partial charge in [0.2, 0.25) is 0 Å². The highest BCUT2D eigenvalue weighted by Gasteiger charge is 2.38. The Balaban J connectivity index is 1.97. The Morgan fingerprint density at radius 3 is 2.68 bits per heavy atom. The average Bonchev–Trinajstić information content (AvgIpc) is 2.83. The Kier molecular flexibility index (Phi) is 4.60. The summed E-state index contributed by atoms with van der Waals surface area (Å²) in [4.78, 5) is 15.5. The minimum atomic E-state index is -1.80. The summed E-state index contributed by atoms with van der Waals surface area (Å²) < 4.78 is 13.4. The van der Waals surface area contributed by atoms with E-state index in [-0.39, 0.29) is 17.0 Å². The largest absolute Gasteiger partial charge is 0.414 e. The zero-order valence-corrected chi connectivity index (χ0v) is 14.9. The van der Waals surface area contributed by atoms with Crippen molar-refractivity contribution < 1.29 is 9.16 Å². The van der Waals surface area contributed by atoms with Crippen molar-refractivity contribution in [3.05, 3.63) is 34.9 Å². The van der Waals surface area contributed by atoms with Crippen molar-refractivity contribution in [2.24, 2.45) is 0 Å². The molecule has 1 aromatic rings. The van der Waals surface area contributed by atoms with Crippen LogP contribution in [0.4, 0.5) is 5.82 Å². The van der Waals surface area contributed by atoms with Crippen molar-refractivity contribution in [1.82, 2.24) is 9.55 Å². The van der Waals surface area contributed by atoms with Crippen LogP contribution in [0.25, 0.3) is 0 Å². The number of nitrogens with two attached hydrogens (primary N) is 1. The molecule has 0 amide bonds. The maximum absolute atomic E-state index is 11.8. The van der Waals surface area contributed by atoms with Gasteiger partial charge in [-0.1, -0.05) is 26.8 Å². The number of hydrogen-bond acceptors (Lipinski definition) is 5. The number of ether oxygens (including phenoxy) is 1. The maximum Gasteiger partial charge on any atom is 0.351 e. The molecule has 1 aliphatic rings. The molecule has 0 aliphatic carbocycles. The summed E-state index contributed by atoms with van der Waals surface area (Å²) in [5.41, 5.74) is 5.07. The van der Waals surface area contributed by atoms with Crippen molar-refractivity contribution in [2.45, 2.75) is 51.2 Å². The minimum absolute atomic E-state index is 0.149. The van der Waals surface area contributed by atoms with Gasteiger partial charge in [0, 0.05) is 6.20 Å². The first-order chi connectivity index (χ1) is 10.1. The predicted molar refractivity (Wildman–Crippen MR) is 89.1 cm³/mol. The SMILES string of the molecule is CC(C)(C)[Si](C)(C)OC[C@@H]1C=C[C@H](n2ccc(N)nc2=O)O1. The Morgan fingerprint density at radius 2 is 2.09 bits per heavy atom. The lowest BCUT2D eigenvalue weighted by Gasteiger charge is -2.36. The summed E-state index contributed by atoms with van der Waals surface area (Å²) in [5.74, 6) is 0.209. The number of nitrogens with zero attached hydrogens (tertiary/aromatic N) is 2. The van der Waals surface area contributed by atoms with E-state index in [9.17, 15) is 4.79 Å². The molecule has 2 atom stereocenters. The molecule has 0 unspecified atom stereocenters. The fourth-order valence-corrected chi connectivity index (χ4v) is 2.88. The third-order valence-electron chi connectivity index (χ3n) is 4.34. The summed E-state index contributed by atoms with van der Waals surface area (Å²) in [6.45, 7) is 11.5.